The van der Waals surface area contributed by atoms with Gasteiger partial charge in [-0.1, -0.05) is 6.42 Å². The van der Waals surface area contributed by atoms with E-state index in [1.54, 1.807) is 0 Å². The average Bonchev–Trinajstić information content (AvgIpc) is 2.26. The highest BCUT2D eigenvalue weighted by Gasteiger charge is 2.43. The molecule has 2 atom stereocenters. The number of rotatable bonds is 4. The molecule has 0 aromatic rings. The summed E-state index contributed by atoms with van der Waals surface area (Å²) in [5.74, 6) is -1.10. The number of hydrogen-bond acceptors (Lipinski definition) is 2. The highest BCUT2D eigenvalue weighted by atomic mass is 19.4. The summed E-state index contributed by atoms with van der Waals surface area (Å²) in [6.07, 6.45) is 1.66. The van der Waals surface area contributed by atoms with Crippen LogP contribution >= 0.6 is 0 Å². The van der Waals surface area contributed by atoms with Crippen LogP contribution in [-0.2, 0) is 0 Å². The van der Waals surface area contributed by atoms with E-state index in [4.69, 9.17) is 0 Å². The van der Waals surface area contributed by atoms with Gasteiger partial charge in [-0.05, 0) is 52.6 Å². The normalized spacial score (nSPS) is 31.3. The fraction of sp³-hybridized carbons (Fsp3) is 1.00. The first-order valence-electron chi connectivity index (χ1n) is 7.31. The quantitative estimate of drug-likeness (QED) is 0.849. The molecular weight excluding hydrogens is 253 g/mol. The fourth-order valence-electron chi connectivity index (χ4n) is 3.37. The van der Waals surface area contributed by atoms with Gasteiger partial charge in [-0.25, -0.2) is 0 Å². The van der Waals surface area contributed by atoms with Gasteiger partial charge < -0.3 is 10.2 Å². The van der Waals surface area contributed by atoms with Gasteiger partial charge in [0, 0.05) is 18.1 Å². The zero-order chi connectivity index (χ0) is 14.1. The Hall–Kier alpha value is -0.290. The third-order valence-corrected chi connectivity index (χ3v) is 5.09. The minimum atomic E-state index is -4.02. The van der Waals surface area contributed by atoms with E-state index in [2.05, 4.69) is 24.3 Å². The molecule has 0 saturated heterocycles. The summed E-state index contributed by atoms with van der Waals surface area (Å²) in [5, 5.41) is 3.41. The number of halogens is 3. The Labute approximate surface area is 113 Å². The summed E-state index contributed by atoms with van der Waals surface area (Å²) < 4.78 is 38.3. The first-order valence-corrected chi connectivity index (χ1v) is 7.31. The van der Waals surface area contributed by atoms with Crippen LogP contribution in [0.2, 0.25) is 0 Å². The molecule has 2 fully saturated rings. The van der Waals surface area contributed by atoms with E-state index in [9.17, 15) is 13.2 Å². The highest BCUT2D eigenvalue weighted by Crippen LogP contribution is 2.39. The van der Waals surface area contributed by atoms with Crippen molar-refractivity contribution in [2.24, 2.45) is 5.92 Å². The van der Waals surface area contributed by atoms with Crippen molar-refractivity contribution in [2.45, 2.75) is 62.7 Å². The standard InChI is InChI=1S/C14H25F3N2/c1-19(2)13(7-4-8-13)10-18-12-6-3-5-11(9-12)14(15,16)17/h11-12,18H,3-10H2,1-2H3. The topological polar surface area (TPSA) is 15.3 Å². The van der Waals surface area contributed by atoms with Gasteiger partial charge in [0.15, 0.2) is 0 Å². The van der Waals surface area contributed by atoms with Crippen LogP contribution in [0.3, 0.4) is 0 Å². The molecule has 2 rings (SSSR count). The first-order chi connectivity index (χ1) is 8.83. The van der Waals surface area contributed by atoms with Gasteiger partial charge in [-0.15, -0.1) is 0 Å². The minimum Gasteiger partial charge on any atom is -0.312 e. The molecule has 0 heterocycles. The molecule has 0 bridgehead atoms. The molecule has 5 heteroatoms. The summed E-state index contributed by atoms with van der Waals surface area (Å²) in [5.41, 5.74) is 0.186. The van der Waals surface area contributed by atoms with Crippen LogP contribution in [-0.4, -0.2) is 43.3 Å². The van der Waals surface area contributed by atoms with E-state index >= 15 is 0 Å². The number of nitrogens with zero attached hydrogens (tertiary/aromatic N) is 1. The lowest BCUT2D eigenvalue weighted by Gasteiger charge is -2.48. The summed E-state index contributed by atoms with van der Waals surface area (Å²) in [4.78, 5) is 2.23. The molecule has 19 heavy (non-hydrogen) atoms. The van der Waals surface area contributed by atoms with Crippen LogP contribution < -0.4 is 5.32 Å². The Morgan fingerprint density at radius 1 is 1.16 bits per heavy atom. The van der Waals surface area contributed by atoms with Gasteiger partial charge in [-0.2, -0.15) is 13.2 Å². The molecule has 0 aromatic heterocycles. The molecule has 0 aromatic carbocycles. The Kier molecular flexibility index (Phi) is 4.45. The van der Waals surface area contributed by atoms with Crippen molar-refractivity contribution < 1.29 is 13.2 Å². The van der Waals surface area contributed by atoms with Gasteiger partial charge >= 0.3 is 6.18 Å². The lowest BCUT2D eigenvalue weighted by atomic mass is 9.75. The molecule has 0 spiro atoms. The van der Waals surface area contributed by atoms with Crippen LogP contribution in [0.1, 0.15) is 44.9 Å². The van der Waals surface area contributed by atoms with Crippen LogP contribution in [0.4, 0.5) is 13.2 Å². The summed E-state index contributed by atoms with van der Waals surface area (Å²) in [7, 11) is 4.14. The second kappa shape index (κ2) is 5.60. The fourth-order valence-corrected chi connectivity index (χ4v) is 3.37. The number of nitrogens with one attached hydrogen (secondary N) is 1. The van der Waals surface area contributed by atoms with Gasteiger partial charge in [0.25, 0.3) is 0 Å². The molecule has 112 valence electrons. The average molecular weight is 278 g/mol. The van der Waals surface area contributed by atoms with Gasteiger partial charge in [0.05, 0.1) is 5.92 Å². The molecule has 0 amide bonds. The highest BCUT2D eigenvalue weighted by molar-refractivity contribution is 4.98. The summed E-state index contributed by atoms with van der Waals surface area (Å²) in [6, 6.07) is 0.0396. The predicted octanol–water partition coefficient (Wildman–Crippen LogP) is 3.18. The van der Waals surface area contributed by atoms with Crippen molar-refractivity contribution in [2.75, 3.05) is 20.6 Å². The van der Waals surface area contributed by atoms with Crippen LogP contribution in [0, 0.1) is 5.92 Å². The van der Waals surface area contributed by atoms with Gasteiger partial charge in [0.2, 0.25) is 0 Å². The van der Waals surface area contributed by atoms with E-state index < -0.39 is 12.1 Å². The van der Waals surface area contributed by atoms with Crippen LogP contribution in [0.15, 0.2) is 0 Å². The van der Waals surface area contributed by atoms with Gasteiger partial charge in [-0.3, -0.25) is 0 Å². The number of hydrogen-bond donors (Lipinski definition) is 1. The molecule has 0 aliphatic heterocycles. The van der Waals surface area contributed by atoms with E-state index in [0.29, 0.717) is 12.8 Å². The zero-order valence-corrected chi connectivity index (χ0v) is 11.9. The SMILES string of the molecule is CN(C)C1(CNC2CCCC(C(F)(F)F)C2)CCC1. The van der Waals surface area contributed by atoms with Crippen LogP contribution in [0.5, 0.6) is 0 Å². The molecule has 2 unspecified atom stereocenters. The van der Waals surface area contributed by atoms with E-state index in [-0.39, 0.29) is 18.0 Å². The first kappa shape index (κ1) is 15.1. The van der Waals surface area contributed by atoms with Crippen molar-refractivity contribution in [1.82, 2.24) is 10.2 Å². The third kappa shape index (κ3) is 3.43. The Morgan fingerprint density at radius 3 is 2.32 bits per heavy atom. The maximum Gasteiger partial charge on any atom is 0.391 e. The number of alkyl halides is 3. The molecule has 1 N–H and O–H groups in total. The Morgan fingerprint density at radius 2 is 1.84 bits per heavy atom. The van der Waals surface area contributed by atoms with Crippen LogP contribution in [0.25, 0.3) is 0 Å². The van der Waals surface area contributed by atoms with Crippen molar-refractivity contribution in [3.63, 3.8) is 0 Å². The summed E-state index contributed by atoms with van der Waals surface area (Å²) >= 11 is 0. The zero-order valence-electron chi connectivity index (χ0n) is 11.9. The summed E-state index contributed by atoms with van der Waals surface area (Å²) in [6.45, 7) is 0.829. The van der Waals surface area contributed by atoms with Crippen molar-refractivity contribution in [3.05, 3.63) is 0 Å². The Bertz CT molecular complexity index is 298. The number of likely N-dealkylation sites (N-methyl/N-ethyl adjacent to an activating group) is 1. The second-order valence-corrected chi connectivity index (χ2v) is 6.46. The lowest BCUT2D eigenvalue weighted by Crippen LogP contribution is -2.58. The predicted molar refractivity (Wildman–Crippen MR) is 70.1 cm³/mol. The van der Waals surface area contributed by atoms with Crippen molar-refractivity contribution in [3.8, 4) is 0 Å². The Balaban J connectivity index is 1.83. The molecule has 2 nitrogen and oxygen atoms in total. The molecular formula is C14H25F3N2. The largest absolute Gasteiger partial charge is 0.391 e. The van der Waals surface area contributed by atoms with E-state index in [0.717, 1.165) is 25.8 Å². The smallest absolute Gasteiger partial charge is 0.312 e. The van der Waals surface area contributed by atoms with E-state index in [1.807, 2.05) is 0 Å². The second-order valence-electron chi connectivity index (χ2n) is 6.46. The van der Waals surface area contributed by atoms with Crippen molar-refractivity contribution >= 4 is 0 Å². The maximum atomic E-state index is 12.8. The third-order valence-electron chi connectivity index (χ3n) is 5.09. The molecule has 2 aliphatic carbocycles. The van der Waals surface area contributed by atoms with E-state index in [1.165, 1.54) is 6.42 Å². The molecule has 0 radical (unpaired) electrons. The minimum absolute atomic E-state index is 0.0396. The molecule has 2 aliphatic rings. The monoisotopic (exact) mass is 278 g/mol. The van der Waals surface area contributed by atoms with Gasteiger partial charge in [0.1, 0.15) is 0 Å². The maximum absolute atomic E-state index is 12.8. The lowest BCUT2D eigenvalue weighted by molar-refractivity contribution is -0.183. The molecule has 2 saturated carbocycles. The van der Waals surface area contributed by atoms with Crippen molar-refractivity contribution in [1.29, 1.82) is 0 Å².